The molecular weight excluding hydrogens is 262 g/mol. The fraction of sp³-hybridized carbons (Fsp3) is 0.400. The van der Waals surface area contributed by atoms with E-state index in [0.717, 1.165) is 17.1 Å². The summed E-state index contributed by atoms with van der Waals surface area (Å²) in [5, 5.41) is 1.13. The van der Waals surface area contributed by atoms with Crippen molar-refractivity contribution >= 4 is 22.9 Å². The summed E-state index contributed by atoms with van der Waals surface area (Å²) in [6.45, 7) is 2.07. The Bertz CT molecular complexity index is 574. The molecule has 1 aliphatic rings. The van der Waals surface area contributed by atoms with Gasteiger partial charge in [0.15, 0.2) is 0 Å². The number of halogens is 1. The number of benzene rings is 1. The van der Waals surface area contributed by atoms with Crippen LogP contribution in [0.3, 0.4) is 0 Å². The Balaban J connectivity index is 2.03. The van der Waals surface area contributed by atoms with Crippen LogP contribution in [0.25, 0.3) is 11.3 Å². The molecule has 0 radical (unpaired) electrons. The summed E-state index contributed by atoms with van der Waals surface area (Å²) >= 11 is 7.65. The molecule has 0 aliphatic heterocycles. The van der Waals surface area contributed by atoms with E-state index in [1.807, 2.05) is 0 Å². The molecule has 0 fully saturated rings. The molecule has 0 bridgehead atoms. The summed E-state index contributed by atoms with van der Waals surface area (Å²) in [5.41, 5.74) is 5.44. The summed E-state index contributed by atoms with van der Waals surface area (Å²) in [6.07, 6.45) is 4.67. The van der Waals surface area contributed by atoms with Crippen molar-refractivity contribution in [3.05, 3.63) is 39.2 Å². The second-order valence-electron chi connectivity index (χ2n) is 4.78. The highest BCUT2D eigenvalue weighted by Gasteiger charge is 2.15. The van der Waals surface area contributed by atoms with Crippen LogP contribution in [0.5, 0.6) is 0 Å². The number of hydrogen-bond acceptors (Lipinski definition) is 2. The molecule has 0 saturated carbocycles. The van der Waals surface area contributed by atoms with Gasteiger partial charge in [-0.05, 0) is 49.8 Å². The lowest BCUT2D eigenvalue weighted by atomic mass is 10.0. The van der Waals surface area contributed by atoms with Gasteiger partial charge >= 0.3 is 0 Å². The fourth-order valence-corrected chi connectivity index (χ4v) is 3.93. The van der Waals surface area contributed by atoms with E-state index >= 15 is 0 Å². The topological polar surface area (TPSA) is 12.9 Å². The van der Waals surface area contributed by atoms with Crippen molar-refractivity contribution in [2.75, 3.05) is 5.88 Å². The highest BCUT2D eigenvalue weighted by atomic mass is 35.5. The van der Waals surface area contributed by atoms with Gasteiger partial charge in [-0.3, -0.25) is 0 Å². The number of nitrogens with zero attached hydrogens (tertiary/aromatic N) is 1. The Morgan fingerprint density at radius 3 is 2.94 bits per heavy atom. The van der Waals surface area contributed by atoms with Crippen molar-refractivity contribution in [2.24, 2.45) is 0 Å². The number of thiazole rings is 1. The van der Waals surface area contributed by atoms with Crippen molar-refractivity contribution < 1.29 is 0 Å². The van der Waals surface area contributed by atoms with Crippen molar-refractivity contribution in [1.29, 1.82) is 0 Å². The average Bonchev–Trinajstić information content (AvgIpc) is 2.95. The standard InChI is InChI=1S/C15H16ClNS/c1-10-17-15(14(18-10)7-8-16)13-6-5-11-3-2-4-12(11)9-13/h5-6,9H,2-4,7-8H2,1H3. The SMILES string of the molecule is Cc1nc(-c2ccc3c(c2)CCC3)c(CCCl)s1. The van der Waals surface area contributed by atoms with E-state index in [4.69, 9.17) is 11.6 Å². The van der Waals surface area contributed by atoms with Crippen LogP contribution in [0, 0.1) is 6.92 Å². The normalized spacial score (nSPS) is 13.9. The molecule has 1 heterocycles. The minimum atomic E-state index is 0.666. The van der Waals surface area contributed by atoms with Gasteiger partial charge in [0.05, 0.1) is 10.7 Å². The lowest BCUT2D eigenvalue weighted by molar-refractivity contribution is 0.912. The molecule has 1 aromatic heterocycles. The van der Waals surface area contributed by atoms with Crippen molar-refractivity contribution in [3.63, 3.8) is 0 Å². The van der Waals surface area contributed by atoms with Crippen LogP contribution in [-0.2, 0) is 19.3 Å². The van der Waals surface area contributed by atoms with Gasteiger partial charge < -0.3 is 0 Å². The first-order chi connectivity index (χ1) is 8.78. The van der Waals surface area contributed by atoms with E-state index in [1.54, 1.807) is 11.3 Å². The Hall–Kier alpha value is -0.860. The number of alkyl halides is 1. The third-order valence-electron chi connectivity index (χ3n) is 3.50. The van der Waals surface area contributed by atoms with Gasteiger partial charge in [-0.2, -0.15) is 0 Å². The molecule has 18 heavy (non-hydrogen) atoms. The lowest BCUT2D eigenvalue weighted by Gasteiger charge is -2.04. The smallest absolute Gasteiger partial charge is 0.0904 e. The van der Waals surface area contributed by atoms with E-state index in [2.05, 4.69) is 30.1 Å². The first-order valence-electron chi connectivity index (χ1n) is 6.42. The molecule has 3 heteroatoms. The Labute approximate surface area is 117 Å². The molecular formula is C15H16ClNS. The second kappa shape index (κ2) is 5.02. The zero-order valence-corrected chi connectivity index (χ0v) is 12.1. The molecule has 2 aromatic rings. The van der Waals surface area contributed by atoms with E-state index in [9.17, 15) is 0 Å². The molecule has 1 aliphatic carbocycles. The maximum Gasteiger partial charge on any atom is 0.0904 e. The summed E-state index contributed by atoms with van der Waals surface area (Å²) < 4.78 is 0. The Morgan fingerprint density at radius 1 is 1.28 bits per heavy atom. The number of aryl methyl sites for hydroxylation is 4. The lowest BCUT2D eigenvalue weighted by Crippen LogP contribution is -1.90. The van der Waals surface area contributed by atoms with Crippen LogP contribution in [0.15, 0.2) is 18.2 Å². The second-order valence-corrected chi connectivity index (χ2v) is 6.45. The van der Waals surface area contributed by atoms with E-state index in [-0.39, 0.29) is 0 Å². The van der Waals surface area contributed by atoms with Crippen LogP contribution in [0.4, 0.5) is 0 Å². The van der Waals surface area contributed by atoms with Gasteiger partial charge in [0.1, 0.15) is 0 Å². The largest absolute Gasteiger partial charge is 0.241 e. The molecule has 0 N–H and O–H groups in total. The zero-order chi connectivity index (χ0) is 12.5. The van der Waals surface area contributed by atoms with Crippen LogP contribution in [0.1, 0.15) is 27.4 Å². The number of hydrogen-bond donors (Lipinski definition) is 0. The molecule has 0 unspecified atom stereocenters. The van der Waals surface area contributed by atoms with Crippen molar-refractivity contribution in [3.8, 4) is 11.3 Å². The molecule has 3 rings (SSSR count). The van der Waals surface area contributed by atoms with Crippen LogP contribution in [0.2, 0.25) is 0 Å². The first-order valence-corrected chi connectivity index (χ1v) is 7.77. The van der Waals surface area contributed by atoms with Gasteiger partial charge in [-0.15, -0.1) is 22.9 Å². The van der Waals surface area contributed by atoms with Gasteiger partial charge in [0.2, 0.25) is 0 Å². The van der Waals surface area contributed by atoms with Crippen LogP contribution in [-0.4, -0.2) is 10.9 Å². The summed E-state index contributed by atoms with van der Waals surface area (Å²) in [5.74, 6) is 0.666. The average molecular weight is 278 g/mol. The monoisotopic (exact) mass is 277 g/mol. The summed E-state index contributed by atoms with van der Waals surface area (Å²) in [6, 6.07) is 6.82. The quantitative estimate of drug-likeness (QED) is 0.759. The third-order valence-corrected chi connectivity index (χ3v) is 4.72. The number of fused-ring (bicyclic) bond motifs is 1. The predicted octanol–water partition coefficient (Wildman–Crippen LogP) is 4.39. The van der Waals surface area contributed by atoms with Gasteiger partial charge in [0.25, 0.3) is 0 Å². The molecule has 1 aromatic carbocycles. The van der Waals surface area contributed by atoms with E-state index in [1.165, 1.54) is 40.8 Å². The van der Waals surface area contributed by atoms with E-state index in [0.29, 0.717) is 5.88 Å². The molecule has 0 spiro atoms. The van der Waals surface area contributed by atoms with Crippen molar-refractivity contribution in [1.82, 2.24) is 4.98 Å². The number of aromatic nitrogens is 1. The van der Waals surface area contributed by atoms with Gasteiger partial charge in [-0.25, -0.2) is 4.98 Å². The predicted molar refractivity (Wildman–Crippen MR) is 78.7 cm³/mol. The fourth-order valence-electron chi connectivity index (χ4n) is 2.67. The summed E-state index contributed by atoms with van der Waals surface area (Å²) in [4.78, 5) is 6.00. The Morgan fingerprint density at radius 2 is 2.11 bits per heavy atom. The van der Waals surface area contributed by atoms with Gasteiger partial charge in [0, 0.05) is 16.3 Å². The highest BCUT2D eigenvalue weighted by Crippen LogP contribution is 2.32. The minimum Gasteiger partial charge on any atom is -0.241 e. The Kier molecular flexibility index (Phi) is 3.40. The van der Waals surface area contributed by atoms with Crippen LogP contribution >= 0.6 is 22.9 Å². The van der Waals surface area contributed by atoms with Crippen LogP contribution < -0.4 is 0 Å². The third kappa shape index (κ3) is 2.19. The maximum absolute atomic E-state index is 5.88. The number of rotatable bonds is 3. The van der Waals surface area contributed by atoms with Crippen molar-refractivity contribution in [2.45, 2.75) is 32.6 Å². The molecule has 0 saturated heterocycles. The molecule has 0 amide bonds. The van der Waals surface area contributed by atoms with Gasteiger partial charge in [-0.1, -0.05) is 12.1 Å². The molecule has 94 valence electrons. The van der Waals surface area contributed by atoms with E-state index < -0.39 is 0 Å². The summed E-state index contributed by atoms with van der Waals surface area (Å²) in [7, 11) is 0. The minimum absolute atomic E-state index is 0.666. The maximum atomic E-state index is 5.88. The molecule has 0 atom stereocenters. The highest BCUT2D eigenvalue weighted by molar-refractivity contribution is 7.12. The molecule has 1 nitrogen and oxygen atoms in total. The zero-order valence-electron chi connectivity index (χ0n) is 10.5. The first kappa shape index (κ1) is 12.2.